The summed E-state index contributed by atoms with van der Waals surface area (Å²) in [6, 6.07) is 3.98. The minimum Gasteiger partial charge on any atom is -0.480 e. The smallest absolute Gasteiger partial charge is 0.326 e. The van der Waals surface area contributed by atoms with Gasteiger partial charge in [-0.25, -0.2) is 4.79 Å². The van der Waals surface area contributed by atoms with Gasteiger partial charge in [-0.1, -0.05) is 43.1 Å². The van der Waals surface area contributed by atoms with Crippen molar-refractivity contribution >= 4 is 35.1 Å². The van der Waals surface area contributed by atoms with Gasteiger partial charge in [-0.2, -0.15) is 0 Å². The molecule has 0 heterocycles. The molecule has 1 aromatic rings. The highest BCUT2D eigenvalue weighted by Gasteiger charge is 2.23. The van der Waals surface area contributed by atoms with Crippen molar-refractivity contribution in [3.05, 3.63) is 33.8 Å². The molecule has 0 fully saturated rings. The maximum absolute atomic E-state index is 11.8. The minimum atomic E-state index is -1.04. The summed E-state index contributed by atoms with van der Waals surface area (Å²) in [5.41, 5.74) is 0.680. The van der Waals surface area contributed by atoms with E-state index in [9.17, 15) is 9.59 Å². The third-order valence-corrected chi connectivity index (χ3v) is 3.34. The standard InChI is InChI=1S/C13H15Cl2NO3/c1-7(2)12(13(18)19)16-11(17)6-8-3-4-9(14)10(15)5-8/h3-5,7,12H,6H2,1-2H3,(H,16,17)(H,18,19). The average Bonchev–Trinajstić information content (AvgIpc) is 2.30. The number of nitrogens with one attached hydrogen (secondary N) is 1. The molecule has 0 aliphatic rings. The first-order valence-electron chi connectivity index (χ1n) is 5.77. The maximum atomic E-state index is 11.8. The Kier molecular flexibility index (Phi) is 5.63. The van der Waals surface area contributed by atoms with Crippen molar-refractivity contribution in [3.63, 3.8) is 0 Å². The van der Waals surface area contributed by atoms with Gasteiger partial charge in [-0.15, -0.1) is 0 Å². The van der Waals surface area contributed by atoms with Gasteiger partial charge in [0.05, 0.1) is 16.5 Å². The fourth-order valence-electron chi connectivity index (χ4n) is 1.57. The molecule has 1 aromatic carbocycles. The van der Waals surface area contributed by atoms with Gasteiger partial charge in [0.25, 0.3) is 0 Å². The molecule has 4 nitrogen and oxygen atoms in total. The molecule has 0 bridgehead atoms. The number of carboxylic acid groups (broad SMARTS) is 1. The molecule has 0 radical (unpaired) electrons. The first-order chi connectivity index (χ1) is 8.81. The van der Waals surface area contributed by atoms with Crippen molar-refractivity contribution in [3.8, 4) is 0 Å². The van der Waals surface area contributed by atoms with E-state index in [2.05, 4.69) is 5.32 Å². The quantitative estimate of drug-likeness (QED) is 0.879. The fourth-order valence-corrected chi connectivity index (χ4v) is 1.89. The molecular formula is C13H15Cl2NO3. The van der Waals surface area contributed by atoms with Crippen LogP contribution in [0.25, 0.3) is 0 Å². The SMILES string of the molecule is CC(C)C(NC(=O)Cc1ccc(Cl)c(Cl)c1)C(=O)O. The topological polar surface area (TPSA) is 66.4 Å². The second kappa shape index (κ2) is 6.78. The van der Waals surface area contributed by atoms with Crippen LogP contribution in [0.15, 0.2) is 18.2 Å². The third kappa shape index (κ3) is 4.73. The Morgan fingerprint density at radius 3 is 2.37 bits per heavy atom. The van der Waals surface area contributed by atoms with Crippen LogP contribution in [0.5, 0.6) is 0 Å². The normalized spacial score (nSPS) is 12.3. The van der Waals surface area contributed by atoms with Crippen LogP contribution in [-0.2, 0) is 16.0 Å². The summed E-state index contributed by atoms with van der Waals surface area (Å²) in [6.07, 6.45) is 0.0629. The lowest BCUT2D eigenvalue weighted by Gasteiger charge is -2.17. The summed E-state index contributed by atoms with van der Waals surface area (Å²) in [7, 11) is 0. The number of rotatable bonds is 5. The molecule has 0 saturated heterocycles. The first kappa shape index (κ1) is 15.8. The molecule has 19 heavy (non-hydrogen) atoms. The first-order valence-corrected chi connectivity index (χ1v) is 6.53. The molecule has 6 heteroatoms. The maximum Gasteiger partial charge on any atom is 0.326 e. The van der Waals surface area contributed by atoms with E-state index in [0.717, 1.165) is 0 Å². The molecule has 0 saturated carbocycles. The van der Waals surface area contributed by atoms with Crippen molar-refractivity contribution in [1.82, 2.24) is 5.32 Å². The van der Waals surface area contributed by atoms with Gasteiger partial charge in [-0.05, 0) is 23.6 Å². The second-order valence-electron chi connectivity index (χ2n) is 4.55. The molecule has 0 spiro atoms. The molecule has 1 rings (SSSR count). The zero-order valence-electron chi connectivity index (χ0n) is 10.6. The fraction of sp³-hybridized carbons (Fsp3) is 0.385. The molecule has 0 aromatic heterocycles. The van der Waals surface area contributed by atoms with E-state index < -0.39 is 12.0 Å². The summed E-state index contributed by atoms with van der Waals surface area (Å²) < 4.78 is 0. The zero-order valence-corrected chi connectivity index (χ0v) is 12.1. The van der Waals surface area contributed by atoms with Crippen LogP contribution in [0, 0.1) is 5.92 Å². The third-order valence-electron chi connectivity index (χ3n) is 2.60. The highest BCUT2D eigenvalue weighted by molar-refractivity contribution is 6.42. The summed E-state index contributed by atoms with van der Waals surface area (Å²) >= 11 is 11.6. The van der Waals surface area contributed by atoms with Crippen LogP contribution in [-0.4, -0.2) is 23.0 Å². The molecule has 1 amide bonds. The number of carbonyl (C=O) groups is 2. The Morgan fingerprint density at radius 2 is 1.89 bits per heavy atom. The molecule has 104 valence electrons. The van der Waals surface area contributed by atoms with Crippen LogP contribution < -0.4 is 5.32 Å². The Labute approximate surface area is 121 Å². The predicted molar refractivity (Wildman–Crippen MR) is 74.6 cm³/mol. The molecular weight excluding hydrogens is 289 g/mol. The lowest BCUT2D eigenvalue weighted by molar-refractivity contribution is -0.143. The number of carboxylic acids is 1. The number of benzene rings is 1. The minimum absolute atomic E-state index is 0.0629. The zero-order chi connectivity index (χ0) is 14.6. The Hall–Kier alpha value is -1.26. The summed E-state index contributed by atoms with van der Waals surface area (Å²) in [5.74, 6) is -1.59. The lowest BCUT2D eigenvalue weighted by Crippen LogP contribution is -2.44. The molecule has 1 atom stereocenters. The molecule has 0 aliphatic heterocycles. The number of hydrogen-bond acceptors (Lipinski definition) is 2. The molecule has 2 N–H and O–H groups in total. The van der Waals surface area contributed by atoms with E-state index in [0.29, 0.717) is 15.6 Å². The van der Waals surface area contributed by atoms with Crippen LogP contribution >= 0.6 is 23.2 Å². The van der Waals surface area contributed by atoms with Crippen LogP contribution in [0.2, 0.25) is 10.0 Å². The summed E-state index contributed by atoms with van der Waals surface area (Å²) in [4.78, 5) is 22.8. The van der Waals surface area contributed by atoms with E-state index >= 15 is 0 Å². The van der Waals surface area contributed by atoms with Gasteiger partial charge in [-0.3, -0.25) is 4.79 Å². The number of halogens is 2. The highest BCUT2D eigenvalue weighted by Crippen LogP contribution is 2.22. The van der Waals surface area contributed by atoms with Gasteiger partial charge in [0, 0.05) is 0 Å². The largest absolute Gasteiger partial charge is 0.480 e. The van der Waals surface area contributed by atoms with Gasteiger partial charge >= 0.3 is 5.97 Å². The summed E-state index contributed by atoms with van der Waals surface area (Å²) in [6.45, 7) is 3.47. The Bertz CT molecular complexity index is 489. The van der Waals surface area contributed by atoms with Crippen LogP contribution in [0.1, 0.15) is 19.4 Å². The Balaban J connectivity index is 2.69. The van der Waals surface area contributed by atoms with Crippen molar-refractivity contribution in [2.24, 2.45) is 5.92 Å². The van der Waals surface area contributed by atoms with Crippen LogP contribution in [0.3, 0.4) is 0 Å². The predicted octanol–water partition coefficient (Wildman–Crippen LogP) is 2.76. The van der Waals surface area contributed by atoms with Gasteiger partial charge in [0.15, 0.2) is 0 Å². The molecule has 0 aliphatic carbocycles. The monoisotopic (exact) mass is 303 g/mol. The van der Waals surface area contributed by atoms with Crippen LogP contribution in [0.4, 0.5) is 0 Å². The van der Waals surface area contributed by atoms with Crippen molar-refractivity contribution < 1.29 is 14.7 Å². The number of aliphatic carboxylic acids is 1. The van der Waals surface area contributed by atoms with Gasteiger partial charge in [0.1, 0.15) is 6.04 Å². The average molecular weight is 304 g/mol. The van der Waals surface area contributed by atoms with Crippen molar-refractivity contribution in [2.75, 3.05) is 0 Å². The van der Waals surface area contributed by atoms with E-state index in [1.54, 1.807) is 32.0 Å². The highest BCUT2D eigenvalue weighted by atomic mass is 35.5. The Morgan fingerprint density at radius 1 is 1.26 bits per heavy atom. The molecule has 1 unspecified atom stereocenters. The lowest BCUT2D eigenvalue weighted by atomic mass is 10.0. The van der Waals surface area contributed by atoms with Gasteiger partial charge < -0.3 is 10.4 Å². The van der Waals surface area contributed by atoms with E-state index in [-0.39, 0.29) is 18.2 Å². The van der Waals surface area contributed by atoms with E-state index in [1.807, 2.05) is 0 Å². The van der Waals surface area contributed by atoms with E-state index in [4.69, 9.17) is 28.3 Å². The van der Waals surface area contributed by atoms with Crippen molar-refractivity contribution in [1.29, 1.82) is 0 Å². The second-order valence-corrected chi connectivity index (χ2v) is 5.37. The number of amides is 1. The summed E-state index contributed by atoms with van der Waals surface area (Å²) in [5, 5.41) is 12.2. The van der Waals surface area contributed by atoms with Gasteiger partial charge in [0.2, 0.25) is 5.91 Å². The number of hydrogen-bond donors (Lipinski definition) is 2. The van der Waals surface area contributed by atoms with E-state index in [1.165, 1.54) is 0 Å². The number of carbonyl (C=O) groups excluding carboxylic acids is 1. The van der Waals surface area contributed by atoms with Crippen molar-refractivity contribution in [2.45, 2.75) is 26.3 Å².